The van der Waals surface area contributed by atoms with Gasteiger partial charge < -0.3 is 4.90 Å². The Labute approximate surface area is 180 Å². The van der Waals surface area contributed by atoms with Crippen molar-refractivity contribution in [3.63, 3.8) is 0 Å². The van der Waals surface area contributed by atoms with Gasteiger partial charge >= 0.3 is 0 Å². The van der Waals surface area contributed by atoms with E-state index in [1.54, 1.807) is 27.3 Å². The summed E-state index contributed by atoms with van der Waals surface area (Å²) in [5.41, 5.74) is 3.14. The summed E-state index contributed by atoms with van der Waals surface area (Å²) in [6, 6.07) is 17.4. The third-order valence-electron chi connectivity index (χ3n) is 5.36. The van der Waals surface area contributed by atoms with Crippen LogP contribution >= 0.6 is 0 Å². The molecule has 31 heavy (non-hydrogen) atoms. The first-order chi connectivity index (χ1) is 15.0. The SMILES string of the molecule is CCN(C(=O)CCn1c(C)nc2c(cnn2-c2ccccc2)c1=O)c1cccc(C)c1. The number of carbonyl (C=O) groups excluding carboxylic acids is 1. The average molecular weight is 415 g/mol. The summed E-state index contributed by atoms with van der Waals surface area (Å²) in [5, 5.41) is 4.80. The maximum absolute atomic E-state index is 13.1. The van der Waals surface area contributed by atoms with Crippen molar-refractivity contribution in [1.29, 1.82) is 0 Å². The topological polar surface area (TPSA) is 73.0 Å². The fourth-order valence-corrected chi connectivity index (χ4v) is 3.77. The van der Waals surface area contributed by atoms with Crippen LogP contribution in [0.1, 0.15) is 24.7 Å². The standard InChI is InChI=1S/C24H25N5O2/c1-4-27(20-12-8-9-17(2)15-20)22(30)13-14-28-18(3)26-23-21(24(28)31)16-25-29(23)19-10-6-5-7-11-19/h5-12,15-16H,4,13-14H2,1-3H3. The van der Waals surface area contributed by atoms with Crippen molar-refractivity contribution in [3.05, 3.63) is 82.5 Å². The average Bonchev–Trinajstić information content (AvgIpc) is 3.18. The van der Waals surface area contributed by atoms with Crippen molar-refractivity contribution in [3.8, 4) is 5.69 Å². The molecule has 0 saturated heterocycles. The van der Waals surface area contributed by atoms with Gasteiger partial charge in [-0.15, -0.1) is 0 Å². The lowest BCUT2D eigenvalue weighted by atomic mass is 10.2. The Morgan fingerprint density at radius 3 is 2.55 bits per heavy atom. The first kappa shape index (κ1) is 20.5. The van der Waals surface area contributed by atoms with Gasteiger partial charge in [0.05, 0.1) is 11.9 Å². The largest absolute Gasteiger partial charge is 0.313 e. The smallest absolute Gasteiger partial charge is 0.264 e. The maximum Gasteiger partial charge on any atom is 0.264 e. The molecule has 7 nitrogen and oxygen atoms in total. The molecule has 0 aliphatic carbocycles. The molecule has 0 N–H and O–H groups in total. The predicted octanol–water partition coefficient (Wildman–Crippen LogP) is 3.64. The van der Waals surface area contributed by atoms with Gasteiger partial charge in [0.1, 0.15) is 11.2 Å². The van der Waals surface area contributed by atoms with Gasteiger partial charge in [0.15, 0.2) is 5.65 Å². The molecule has 2 heterocycles. The third kappa shape index (κ3) is 3.99. The van der Waals surface area contributed by atoms with Crippen LogP contribution in [0.5, 0.6) is 0 Å². The summed E-state index contributed by atoms with van der Waals surface area (Å²) in [7, 11) is 0. The zero-order valence-electron chi connectivity index (χ0n) is 17.9. The Bertz CT molecular complexity index is 1290. The molecule has 4 rings (SSSR count). The van der Waals surface area contributed by atoms with E-state index in [-0.39, 0.29) is 24.4 Å². The van der Waals surface area contributed by atoms with Crippen LogP contribution in [0.15, 0.2) is 65.6 Å². The highest BCUT2D eigenvalue weighted by atomic mass is 16.2. The highest BCUT2D eigenvalue weighted by Crippen LogP contribution is 2.18. The summed E-state index contributed by atoms with van der Waals surface area (Å²) >= 11 is 0. The van der Waals surface area contributed by atoms with E-state index >= 15 is 0 Å². The summed E-state index contributed by atoms with van der Waals surface area (Å²) in [4.78, 5) is 32.4. The van der Waals surface area contributed by atoms with Gasteiger partial charge in [-0.1, -0.05) is 30.3 Å². The minimum atomic E-state index is -0.184. The Morgan fingerprint density at radius 2 is 1.84 bits per heavy atom. The predicted molar refractivity (Wildman–Crippen MR) is 122 cm³/mol. The number of carbonyl (C=O) groups is 1. The van der Waals surface area contributed by atoms with Crippen LogP contribution in [0.2, 0.25) is 0 Å². The number of fused-ring (bicyclic) bond motifs is 1. The van der Waals surface area contributed by atoms with E-state index in [0.29, 0.717) is 23.4 Å². The molecular formula is C24H25N5O2. The number of aryl methyl sites for hydroxylation is 2. The third-order valence-corrected chi connectivity index (χ3v) is 5.36. The van der Waals surface area contributed by atoms with Gasteiger partial charge in [-0.05, 0) is 50.6 Å². The first-order valence-electron chi connectivity index (χ1n) is 10.4. The van der Waals surface area contributed by atoms with Gasteiger partial charge in [0, 0.05) is 25.2 Å². The van der Waals surface area contributed by atoms with Crippen molar-refractivity contribution in [2.45, 2.75) is 33.7 Å². The molecule has 4 aromatic rings. The van der Waals surface area contributed by atoms with E-state index in [2.05, 4.69) is 10.1 Å². The number of aromatic nitrogens is 4. The fraction of sp³-hybridized carbons (Fsp3) is 0.250. The number of hydrogen-bond acceptors (Lipinski definition) is 4. The van der Waals surface area contributed by atoms with E-state index in [1.807, 2.05) is 68.4 Å². The number of para-hydroxylation sites is 1. The molecule has 2 aromatic carbocycles. The van der Waals surface area contributed by atoms with Gasteiger partial charge in [-0.25, -0.2) is 9.67 Å². The van der Waals surface area contributed by atoms with Crippen molar-refractivity contribution in [2.24, 2.45) is 0 Å². The Balaban J connectivity index is 1.60. The van der Waals surface area contributed by atoms with Crippen molar-refractivity contribution in [2.75, 3.05) is 11.4 Å². The Kier molecular flexibility index (Phi) is 5.66. The van der Waals surface area contributed by atoms with Crippen molar-refractivity contribution >= 4 is 22.6 Å². The van der Waals surface area contributed by atoms with E-state index in [0.717, 1.165) is 16.9 Å². The number of nitrogens with zero attached hydrogens (tertiary/aromatic N) is 5. The fourth-order valence-electron chi connectivity index (χ4n) is 3.77. The molecule has 0 fully saturated rings. The van der Waals surface area contributed by atoms with Crippen molar-refractivity contribution in [1.82, 2.24) is 19.3 Å². The van der Waals surface area contributed by atoms with Gasteiger partial charge in [-0.3, -0.25) is 14.2 Å². The lowest BCUT2D eigenvalue weighted by Gasteiger charge is -2.22. The van der Waals surface area contributed by atoms with Gasteiger partial charge in [-0.2, -0.15) is 5.10 Å². The zero-order chi connectivity index (χ0) is 22.0. The zero-order valence-corrected chi connectivity index (χ0v) is 17.9. The van der Waals surface area contributed by atoms with Crippen LogP contribution in [0.3, 0.4) is 0 Å². The van der Waals surface area contributed by atoms with E-state index < -0.39 is 0 Å². The van der Waals surface area contributed by atoms with Crippen LogP contribution in [-0.4, -0.2) is 31.8 Å². The number of hydrogen-bond donors (Lipinski definition) is 0. The highest BCUT2D eigenvalue weighted by Gasteiger charge is 2.17. The molecule has 158 valence electrons. The summed E-state index contributed by atoms with van der Waals surface area (Å²) in [5.74, 6) is 0.529. The van der Waals surface area contributed by atoms with Crippen LogP contribution < -0.4 is 10.5 Å². The molecule has 0 unspecified atom stereocenters. The van der Waals surface area contributed by atoms with E-state index in [4.69, 9.17) is 0 Å². The number of amides is 1. The molecule has 7 heteroatoms. The molecule has 1 amide bonds. The van der Waals surface area contributed by atoms with Gasteiger partial charge in [0.2, 0.25) is 5.91 Å². The molecule has 0 spiro atoms. The molecular weight excluding hydrogens is 390 g/mol. The second-order valence-corrected chi connectivity index (χ2v) is 7.47. The van der Waals surface area contributed by atoms with E-state index in [9.17, 15) is 9.59 Å². The number of benzene rings is 2. The van der Waals surface area contributed by atoms with E-state index in [1.165, 1.54) is 0 Å². The minimum Gasteiger partial charge on any atom is -0.313 e. The summed E-state index contributed by atoms with van der Waals surface area (Å²) < 4.78 is 3.22. The van der Waals surface area contributed by atoms with Crippen LogP contribution in [0, 0.1) is 13.8 Å². The second kappa shape index (κ2) is 8.55. The number of rotatable bonds is 6. The summed E-state index contributed by atoms with van der Waals surface area (Å²) in [6.45, 7) is 6.57. The van der Waals surface area contributed by atoms with Crippen LogP contribution in [-0.2, 0) is 11.3 Å². The minimum absolute atomic E-state index is 0.0283. The Morgan fingerprint density at radius 1 is 1.06 bits per heavy atom. The van der Waals surface area contributed by atoms with Crippen LogP contribution in [0.4, 0.5) is 5.69 Å². The normalized spacial score (nSPS) is 11.1. The lowest BCUT2D eigenvalue weighted by Crippen LogP contribution is -2.33. The second-order valence-electron chi connectivity index (χ2n) is 7.47. The molecule has 0 aliphatic heterocycles. The lowest BCUT2D eigenvalue weighted by molar-refractivity contribution is -0.118. The van der Waals surface area contributed by atoms with Gasteiger partial charge in [0.25, 0.3) is 5.56 Å². The molecule has 0 atom stereocenters. The molecule has 2 aromatic heterocycles. The Hall–Kier alpha value is -3.74. The highest BCUT2D eigenvalue weighted by molar-refractivity contribution is 5.93. The van der Waals surface area contributed by atoms with Crippen molar-refractivity contribution < 1.29 is 4.79 Å². The molecule has 0 aliphatic rings. The molecule has 0 bridgehead atoms. The number of anilines is 1. The van der Waals surface area contributed by atoms with Crippen LogP contribution in [0.25, 0.3) is 16.7 Å². The first-order valence-corrected chi connectivity index (χ1v) is 10.4. The monoisotopic (exact) mass is 415 g/mol. The molecule has 0 saturated carbocycles. The summed E-state index contributed by atoms with van der Waals surface area (Å²) in [6.07, 6.45) is 1.75. The quantitative estimate of drug-likeness (QED) is 0.482. The maximum atomic E-state index is 13.1. The molecule has 0 radical (unpaired) electrons.